The van der Waals surface area contributed by atoms with Gasteiger partial charge >= 0.3 is 0 Å². The lowest BCUT2D eigenvalue weighted by molar-refractivity contribution is -0.139. The number of carbonyl (C=O) groups excluding carboxylic acids is 2. The van der Waals surface area contributed by atoms with Gasteiger partial charge in [-0.3, -0.25) is 9.59 Å². The summed E-state index contributed by atoms with van der Waals surface area (Å²) in [7, 11) is 0. The maximum atomic E-state index is 12.4. The lowest BCUT2D eigenvalue weighted by Gasteiger charge is -2.35. The highest BCUT2D eigenvalue weighted by Crippen LogP contribution is 2.14. The zero-order valence-electron chi connectivity index (χ0n) is 14.7. The Hall–Kier alpha value is -2.33. The fraction of sp³-hybridized carbons (Fsp3) is 0.333. The van der Waals surface area contributed by atoms with Gasteiger partial charge in [0.25, 0.3) is 0 Å². The number of hydrogen-bond donors (Lipinski definition) is 0. The molecule has 0 saturated carbocycles. The summed E-state index contributed by atoms with van der Waals surface area (Å²) in [5, 5.41) is 0.695. The normalized spacial score (nSPS) is 14.3. The third kappa shape index (κ3) is 5.09. The van der Waals surface area contributed by atoms with E-state index in [4.69, 9.17) is 11.6 Å². The number of amides is 2. The van der Waals surface area contributed by atoms with Gasteiger partial charge < -0.3 is 9.80 Å². The van der Waals surface area contributed by atoms with Crippen LogP contribution in [0.25, 0.3) is 0 Å². The molecule has 0 atom stereocenters. The minimum Gasteiger partial charge on any atom is -0.339 e. The molecule has 1 aliphatic heterocycles. The molecule has 2 amide bonds. The van der Waals surface area contributed by atoms with Gasteiger partial charge in [-0.05, 0) is 29.7 Å². The Morgan fingerprint density at radius 3 is 2.08 bits per heavy atom. The van der Waals surface area contributed by atoms with Crippen LogP contribution < -0.4 is 0 Å². The smallest absolute Gasteiger partial charge is 0.227 e. The zero-order chi connectivity index (χ0) is 18.4. The van der Waals surface area contributed by atoms with Crippen LogP contribution in [0.15, 0.2) is 54.6 Å². The molecule has 0 bridgehead atoms. The number of nitrogens with zero attached hydrogens (tertiary/aromatic N) is 2. The van der Waals surface area contributed by atoms with Gasteiger partial charge in [0.05, 0.1) is 6.42 Å². The van der Waals surface area contributed by atoms with E-state index in [1.807, 2.05) is 64.4 Å². The highest BCUT2D eigenvalue weighted by Gasteiger charge is 2.23. The number of hydrogen-bond acceptors (Lipinski definition) is 2. The molecule has 2 aromatic rings. The fourth-order valence-corrected chi connectivity index (χ4v) is 3.40. The number of aryl methyl sites for hydroxylation is 1. The molecule has 1 saturated heterocycles. The molecule has 26 heavy (non-hydrogen) atoms. The summed E-state index contributed by atoms with van der Waals surface area (Å²) in [6.45, 7) is 2.42. The molecular formula is C21H23ClN2O2. The van der Waals surface area contributed by atoms with Crippen molar-refractivity contribution >= 4 is 23.4 Å². The molecule has 1 heterocycles. The Labute approximate surface area is 159 Å². The summed E-state index contributed by atoms with van der Waals surface area (Å²) in [4.78, 5) is 28.5. The van der Waals surface area contributed by atoms with Gasteiger partial charge in [0.1, 0.15) is 0 Å². The molecule has 2 aromatic carbocycles. The van der Waals surface area contributed by atoms with Crippen LogP contribution in [-0.4, -0.2) is 47.8 Å². The van der Waals surface area contributed by atoms with Crippen LogP contribution in [0.1, 0.15) is 17.5 Å². The van der Waals surface area contributed by atoms with Crippen molar-refractivity contribution in [3.8, 4) is 0 Å². The van der Waals surface area contributed by atoms with Crippen molar-refractivity contribution in [1.82, 2.24) is 9.80 Å². The van der Waals surface area contributed by atoms with Gasteiger partial charge in [0.2, 0.25) is 11.8 Å². The van der Waals surface area contributed by atoms with E-state index in [-0.39, 0.29) is 11.8 Å². The summed E-state index contributed by atoms with van der Waals surface area (Å²) in [5.41, 5.74) is 2.10. The standard InChI is InChI=1S/C21H23ClN2O2/c22-19-8-4-7-18(15-19)9-10-20(25)23-11-13-24(14-12-23)21(26)16-17-5-2-1-3-6-17/h1-8,15H,9-14,16H2. The van der Waals surface area contributed by atoms with E-state index in [9.17, 15) is 9.59 Å². The summed E-state index contributed by atoms with van der Waals surface area (Å²) < 4.78 is 0. The number of carbonyl (C=O) groups is 2. The highest BCUT2D eigenvalue weighted by atomic mass is 35.5. The quantitative estimate of drug-likeness (QED) is 0.811. The van der Waals surface area contributed by atoms with Gasteiger partial charge in [-0.25, -0.2) is 0 Å². The fourth-order valence-electron chi connectivity index (χ4n) is 3.19. The number of halogens is 1. The lowest BCUT2D eigenvalue weighted by atomic mass is 10.1. The summed E-state index contributed by atoms with van der Waals surface area (Å²) in [6.07, 6.45) is 1.58. The molecule has 3 rings (SSSR count). The molecule has 4 nitrogen and oxygen atoms in total. The highest BCUT2D eigenvalue weighted by molar-refractivity contribution is 6.30. The average Bonchev–Trinajstić information content (AvgIpc) is 2.67. The van der Waals surface area contributed by atoms with E-state index in [2.05, 4.69) is 0 Å². The first-order valence-corrected chi connectivity index (χ1v) is 9.33. The van der Waals surface area contributed by atoms with E-state index in [0.29, 0.717) is 50.5 Å². The Morgan fingerprint density at radius 2 is 1.42 bits per heavy atom. The number of piperazine rings is 1. The largest absolute Gasteiger partial charge is 0.339 e. The molecule has 0 N–H and O–H groups in total. The second kappa shape index (κ2) is 8.86. The Kier molecular flexibility index (Phi) is 6.29. The molecule has 1 fully saturated rings. The van der Waals surface area contributed by atoms with E-state index in [1.54, 1.807) is 0 Å². The molecule has 1 aliphatic rings. The topological polar surface area (TPSA) is 40.6 Å². The molecule has 0 aliphatic carbocycles. The number of rotatable bonds is 5. The minimum absolute atomic E-state index is 0.127. The second-order valence-corrected chi connectivity index (χ2v) is 6.99. The first-order chi connectivity index (χ1) is 12.6. The summed E-state index contributed by atoms with van der Waals surface area (Å²) in [6, 6.07) is 17.4. The van der Waals surface area contributed by atoms with Gasteiger partial charge in [-0.15, -0.1) is 0 Å². The van der Waals surface area contributed by atoms with Crippen molar-refractivity contribution < 1.29 is 9.59 Å². The maximum Gasteiger partial charge on any atom is 0.227 e. The van der Waals surface area contributed by atoms with Crippen LogP contribution in [0.4, 0.5) is 0 Å². The number of benzene rings is 2. The first kappa shape index (κ1) is 18.5. The molecule has 0 spiro atoms. The predicted octanol–water partition coefficient (Wildman–Crippen LogP) is 3.19. The van der Waals surface area contributed by atoms with Gasteiger partial charge in [-0.1, -0.05) is 54.1 Å². The van der Waals surface area contributed by atoms with E-state index >= 15 is 0 Å². The molecular weight excluding hydrogens is 348 g/mol. The van der Waals surface area contributed by atoms with E-state index < -0.39 is 0 Å². The molecule has 0 aromatic heterocycles. The van der Waals surface area contributed by atoms with Gasteiger partial charge in [0, 0.05) is 37.6 Å². The van der Waals surface area contributed by atoms with Crippen molar-refractivity contribution in [3.05, 3.63) is 70.7 Å². The monoisotopic (exact) mass is 370 g/mol. The Balaban J connectivity index is 1.44. The van der Waals surface area contributed by atoms with Crippen LogP contribution in [0.3, 0.4) is 0 Å². The Bertz CT molecular complexity index is 756. The molecule has 136 valence electrons. The third-order valence-electron chi connectivity index (χ3n) is 4.70. The molecule has 0 unspecified atom stereocenters. The predicted molar refractivity (Wildman–Crippen MR) is 103 cm³/mol. The minimum atomic E-state index is 0.127. The van der Waals surface area contributed by atoms with Crippen LogP contribution in [0.5, 0.6) is 0 Å². The lowest BCUT2D eigenvalue weighted by Crippen LogP contribution is -2.51. The van der Waals surface area contributed by atoms with Crippen molar-refractivity contribution in [2.24, 2.45) is 0 Å². The van der Waals surface area contributed by atoms with Crippen LogP contribution in [-0.2, 0) is 22.4 Å². The molecule has 5 heteroatoms. The van der Waals surface area contributed by atoms with E-state index in [1.165, 1.54) is 0 Å². The van der Waals surface area contributed by atoms with Crippen LogP contribution >= 0.6 is 11.6 Å². The maximum absolute atomic E-state index is 12.4. The van der Waals surface area contributed by atoms with Crippen LogP contribution in [0.2, 0.25) is 5.02 Å². The van der Waals surface area contributed by atoms with Crippen molar-refractivity contribution in [1.29, 1.82) is 0 Å². The van der Waals surface area contributed by atoms with E-state index in [0.717, 1.165) is 11.1 Å². The molecule has 0 radical (unpaired) electrons. The van der Waals surface area contributed by atoms with Crippen molar-refractivity contribution in [2.75, 3.05) is 26.2 Å². The Morgan fingerprint density at radius 1 is 0.808 bits per heavy atom. The zero-order valence-corrected chi connectivity index (χ0v) is 15.5. The summed E-state index contributed by atoms with van der Waals surface area (Å²) in [5.74, 6) is 0.266. The second-order valence-electron chi connectivity index (χ2n) is 6.55. The van der Waals surface area contributed by atoms with Crippen LogP contribution in [0, 0.1) is 0 Å². The third-order valence-corrected chi connectivity index (χ3v) is 4.93. The SMILES string of the molecule is O=C(CCc1cccc(Cl)c1)N1CCN(C(=O)Cc2ccccc2)CC1. The first-order valence-electron chi connectivity index (χ1n) is 8.96. The summed E-state index contributed by atoms with van der Waals surface area (Å²) >= 11 is 5.98. The van der Waals surface area contributed by atoms with Gasteiger partial charge in [-0.2, -0.15) is 0 Å². The average molecular weight is 371 g/mol. The van der Waals surface area contributed by atoms with Crippen molar-refractivity contribution in [2.45, 2.75) is 19.3 Å². The van der Waals surface area contributed by atoms with Gasteiger partial charge in [0.15, 0.2) is 0 Å². The van der Waals surface area contributed by atoms with Crippen molar-refractivity contribution in [3.63, 3.8) is 0 Å².